The summed E-state index contributed by atoms with van der Waals surface area (Å²) in [4.78, 5) is 4.30. The van der Waals surface area contributed by atoms with Crippen molar-refractivity contribution in [3.05, 3.63) is 42.1 Å². The summed E-state index contributed by atoms with van der Waals surface area (Å²) in [6, 6.07) is 9.54. The van der Waals surface area contributed by atoms with Crippen molar-refractivity contribution >= 4 is 10.9 Å². The van der Waals surface area contributed by atoms with E-state index in [-0.39, 0.29) is 6.04 Å². The Kier molecular flexibility index (Phi) is 3.68. The Morgan fingerprint density at radius 2 is 1.94 bits per heavy atom. The summed E-state index contributed by atoms with van der Waals surface area (Å²) in [5.41, 5.74) is 7.95. The molecule has 0 bridgehead atoms. The molecule has 1 atom stereocenters. The molecule has 0 aliphatic rings. The van der Waals surface area contributed by atoms with Crippen molar-refractivity contribution in [2.45, 2.75) is 12.3 Å². The average Bonchev–Trinajstić information content (AvgIpc) is 2.39. The van der Waals surface area contributed by atoms with E-state index in [0.29, 0.717) is 0 Å². The lowest BCUT2D eigenvalue weighted by Gasteiger charge is -2.21. The smallest absolute Gasteiger partial charge is 0.176 e. The molecule has 0 fully saturated rings. The highest BCUT2D eigenvalue weighted by atomic mass is 16.7. The zero-order chi connectivity index (χ0) is 12.3. The summed E-state index contributed by atoms with van der Waals surface area (Å²) in [6.45, 7) is 0. The summed E-state index contributed by atoms with van der Waals surface area (Å²) in [5.74, 6) is 0. The van der Waals surface area contributed by atoms with Gasteiger partial charge in [0.25, 0.3) is 0 Å². The van der Waals surface area contributed by atoms with Crippen LogP contribution in [0.3, 0.4) is 0 Å². The molecular weight excluding hydrogens is 216 g/mol. The maximum Gasteiger partial charge on any atom is 0.176 e. The predicted molar refractivity (Wildman–Crippen MR) is 66.5 cm³/mol. The highest BCUT2D eigenvalue weighted by molar-refractivity contribution is 5.78. The van der Waals surface area contributed by atoms with Gasteiger partial charge in [-0.25, -0.2) is 0 Å². The number of hydrogen-bond donors (Lipinski definition) is 1. The monoisotopic (exact) mass is 232 g/mol. The quantitative estimate of drug-likeness (QED) is 0.817. The van der Waals surface area contributed by atoms with Gasteiger partial charge in [0.05, 0.1) is 11.6 Å². The van der Waals surface area contributed by atoms with Crippen LogP contribution in [-0.4, -0.2) is 25.5 Å². The number of nitrogens with two attached hydrogens (primary N) is 1. The van der Waals surface area contributed by atoms with Crippen molar-refractivity contribution in [2.24, 2.45) is 5.73 Å². The molecule has 2 rings (SSSR count). The van der Waals surface area contributed by atoms with E-state index in [0.717, 1.165) is 16.5 Å². The van der Waals surface area contributed by atoms with E-state index in [9.17, 15) is 0 Å². The number of rotatable bonds is 4. The van der Waals surface area contributed by atoms with Crippen LogP contribution in [0.1, 0.15) is 11.6 Å². The Bertz CT molecular complexity index is 497. The lowest BCUT2D eigenvalue weighted by molar-refractivity contribution is -0.117. The molecular formula is C13H16N2O2. The van der Waals surface area contributed by atoms with Crippen LogP contribution in [0.4, 0.5) is 0 Å². The van der Waals surface area contributed by atoms with E-state index >= 15 is 0 Å². The van der Waals surface area contributed by atoms with Crippen LogP contribution >= 0.6 is 0 Å². The van der Waals surface area contributed by atoms with Crippen molar-refractivity contribution in [3.8, 4) is 0 Å². The first-order valence-corrected chi connectivity index (χ1v) is 5.42. The third-order valence-electron chi connectivity index (χ3n) is 2.77. The van der Waals surface area contributed by atoms with Gasteiger partial charge in [-0.15, -0.1) is 0 Å². The molecule has 0 amide bonds. The zero-order valence-electron chi connectivity index (χ0n) is 9.96. The minimum absolute atomic E-state index is 0.323. The Morgan fingerprint density at radius 1 is 1.18 bits per heavy atom. The second kappa shape index (κ2) is 5.23. The maximum absolute atomic E-state index is 6.07. The fourth-order valence-electron chi connectivity index (χ4n) is 1.84. The number of methoxy groups -OCH3 is 2. The van der Waals surface area contributed by atoms with Crippen molar-refractivity contribution in [1.29, 1.82) is 0 Å². The van der Waals surface area contributed by atoms with Gasteiger partial charge >= 0.3 is 0 Å². The Balaban J connectivity index is 2.35. The van der Waals surface area contributed by atoms with Crippen LogP contribution in [-0.2, 0) is 9.47 Å². The number of pyridine rings is 1. The lowest BCUT2D eigenvalue weighted by atomic mass is 10.0. The van der Waals surface area contributed by atoms with E-state index in [4.69, 9.17) is 15.2 Å². The van der Waals surface area contributed by atoms with Gasteiger partial charge in [0.15, 0.2) is 6.29 Å². The number of ether oxygens (including phenoxy) is 2. The first-order valence-electron chi connectivity index (χ1n) is 5.42. The molecule has 2 aromatic rings. The van der Waals surface area contributed by atoms with Crippen molar-refractivity contribution < 1.29 is 9.47 Å². The number of nitrogens with zero attached hydrogens (tertiary/aromatic N) is 1. The number of hydrogen-bond acceptors (Lipinski definition) is 4. The first kappa shape index (κ1) is 12.0. The third-order valence-corrected chi connectivity index (χ3v) is 2.77. The molecule has 0 spiro atoms. The summed E-state index contributed by atoms with van der Waals surface area (Å²) in [6.07, 6.45) is 1.32. The van der Waals surface area contributed by atoms with Gasteiger partial charge in [-0.05, 0) is 17.7 Å². The summed E-state index contributed by atoms with van der Waals surface area (Å²) >= 11 is 0. The molecule has 4 nitrogen and oxygen atoms in total. The van der Waals surface area contributed by atoms with Crippen LogP contribution < -0.4 is 5.73 Å². The zero-order valence-corrected chi connectivity index (χ0v) is 9.96. The lowest BCUT2D eigenvalue weighted by Crippen LogP contribution is -2.29. The normalized spacial score (nSPS) is 13.2. The highest BCUT2D eigenvalue weighted by Gasteiger charge is 2.18. The molecule has 4 heteroatoms. The van der Waals surface area contributed by atoms with Gasteiger partial charge in [-0.1, -0.05) is 18.2 Å². The number of benzene rings is 1. The number of aromatic nitrogens is 1. The molecule has 0 saturated heterocycles. The Labute approximate surface area is 100 Å². The van der Waals surface area contributed by atoms with Gasteiger partial charge in [-0.3, -0.25) is 4.98 Å². The Hall–Kier alpha value is -1.49. The molecule has 0 saturated carbocycles. The molecule has 0 aliphatic carbocycles. The van der Waals surface area contributed by atoms with Crippen molar-refractivity contribution in [3.63, 3.8) is 0 Å². The predicted octanol–water partition coefficient (Wildman–Crippen LogP) is 1.85. The second-order valence-electron chi connectivity index (χ2n) is 3.82. The molecule has 2 N–H and O–H groups in total. The van der Waals surface area contributed by atoms with Gasteiger partial charge in [-0.2, -0.15) is 0 Å². The third kappa shape index (κ3) is 2.44. The summed E-state index contributed by atoms with van der Waals surface area (Å²) in [7, 11) is 3.15. The van der Waals surface area contributed by atoms with Crippen LogP contribution in [0.15, 0.2) is 36.5 Å². The van der Waals surface area contributed by atoms with Crippen molar-refractivity contribution in [2.75, 3.05) is 14.2 Å². The molecule has 17 heavy (non-hydrogen) atoms. The van der Waals surface area contributed by atoms with E-state index in [2.05, 4.69) is 4.98 Å². The van der Waals surface area contributed by atoms with E-state index in [1.165, 1.54) is 0 Å². The van der Waals surface area contributed by atoms with Crippen LogP contribution in [0.2, 0.25) is 0 Å². The molecule has 0 radical (unpaired) electrons. The fraction of sp³-hybridized carbons (Fsp3) is 0.308. The van der Waals surface area contributed by atoms with Crippen LogP contribution in [0.25, 0.3) is 10.9 Å². The summed E-state index contributed by atoms with van der Waals surface area (Å²) < 4.78 is 10.3. The van der Waals surface area contributed by atoms with Crippen LogP contribution in [0, 0.1) is 0 Å². The van der Waals surface area contributed by atoms with E-state index < -0.39 is 6.29 Å². The van der Waals surface area contributed by atoms with E-state index in [1.54, 1.807) is 20.4 Å². The second-order valence-corrected chi connectivity index (χ2v) is 3.82. The molecule has 1 unspecified atom stereocenters. The first-order chi connectivity index (χ1) is 8.26. The SMILES string of the molecule is COC(OC)C(N)c1ccc2cccnc2c1. The number of fused-ring (bicyclic) bond motifs is 1. The van der Waals surface area contributed by atoms with Gasteiger partial charge in [0.2, 0.25) is 0 Å². The van der Waals surface area contributed by atoms with Gasteiger partial charge in [0, 0.05) is 25.8 Å². The molecule has 1 heterocycles. The largest absolute Gasteiger partial charge is 0.354 e. The maximum atomic E-state index is 6.07. The standard InChI is InChI=1S/C13H16N2O2/c1-16-13(17-2)12(14)10-6-5-9-4-3-7-15-11(9)8-10/h3-8,12-13H,14H2,1-2H3. The van der Waals surface area contributed by atoms with Crippen LogP contribution in [0.5, 0.6) is 0 Å². The van der Waals surface area contributed by atoms with E-state index in [1.807, 2.05) is 30.3 Å². The molecule has 90 valence electrons. The summed E-state index contributed by atoms with van der Waals surface area (Å²) in [5, 5.41) is 1.09. The fourth-order valence-corrected chi connectivity index (χ4v) is 1.84. The minimum atomic E-state index is -0.448. The minimum Gasteiger partial charge on any atom is -0.354 e. The molecule has 1 aromatic heterocycles. The topological polar surface area (TPSA) is 57.4 Å². The van der Waals surface area contributed by atoms with Crippen molar-refractivity contribution in [1.82, 2.24) is 4.98 Å². The van der Waals surface area contributed by atoms with Gasteiger partial charge in [0.1, 0.15) is 0 Å². The average molecular weight is 232 g/mol. The molecule has 1 aromatic carbocycles. The van der Waals surface area contributed by atoms with Gasteiger partial charge < -0.3 is 15.2 Å². The highest BCUT2D eigenvalue weighted by Crippen LogP contribution is 2.21. The Morgan fingerprint density at radius 3 is 2.65 bits per heavy atom. The molecule has 0 aliphatic heterocycles.